The van der Waals surface area contributed by atoms with Crippen LogP contribution < -0.4 is 10.1 Å². The molecule has 26 heavy (non-hydrogen) atoms. The molecular weight excluding hydrogens is 418 g/mol. The standard InChI is InChI=1S/C20H19BrClNO3/c21-15-7-8-19(17(22)13-15)25-11-3-6-20(24)23-10-9-16-12-14-4-1-2-5-18(14)26-16/h1-2,4-5,7-8,12-13H,3,6,9-11H2,(H,23,24). The van der Waals surface area contributed by atoms with E-state index in [1.54, 1.807) is 12.1 Å². The smallest absolute Gasteiger partial charge is 0.220 e. The minimum Gasteiger partial charge on any atom is -0.492 e. The Morgan fingerprint density at radius 1 is 1.19 bits per heavy atom. The lowest BCUT2D eigenvalue weighted by Crippen LogP contribution is -2.25. The van der Waals surface area contributed by atoms with Crippen molar-refractivity contribution in [3.8, 4) is 5.75 Å². The van der Waals surface area contributed by atoms with E-state index < -0.39 is 0 Å². The average molecular weight is 437 g/mol. The van der Waals surface area contributed by atoms with Gasteiger partial charge >= 0.3 is 0 Å². The summed E-state index contributed by atoms with van der Waals surface area (Å²) in [6.45, 7) is 0.996. The van der Waals surface area contributed by atoms with Crippen molar-refractivity contribution < 1.29 is 13.9 Å². The molecule has 0 saturated heterocycles. The number of amides is 1. The number of fused-ring (bicyclic) bond motifs is 1. The molecule has 0 atom stereocenters. The van der Waals surface area contributed by atoms with Gasteiger partial charge in [-0.25, -0.2) is 0 Å². The maximum atomic E-state index is 11.9. The maximum absolute atomic E-state index is 11.9. The molecule has 4 nitrogen and oxygen atoms in total. The van der Waals surface area contributed by atoms with Crippen molar-refractivity contribution in [3.63, 3.8) is 0 Å². The van der Waals surface area contributed by atoms with Gasteiger partial charge in [-0.1, -0.05) is 45.7 Å². The second kappa shape index (κ2) is 9.10. The molecule has 0 aliphatic rings. The van der Waals surface area contributed by atoms with Crippen LogP contribution in [0.2, 0.25) is 5.02 Å². The van der Waals surface area contributed by atoms with Crippen molar-refractivity contribution in [1.82, 2.24) is 5.32 Å². The Labute approximate surface area is 165 Å². The first kappa shape index (κ1) is 18.8. The number of benzene rings is 2. The second-order valence-electron chi connectivity index (χ2n) is 5.88. The van der Waals surface area contributed by atoms with Gasteiger partial charge in [0.25, 0.3) is 0 Å². The lowest BCUT2D eigenvalue weighted by molar-refractivity contribution is -0.121. The van der Waals surface area contributed by atoms with Gasteiger partial charge in [-0.3, -0.25) is 4.79 Å². The second-order valence-corrected chi connectivity index (χ2v) is 7.20. The number of furan rings is 1. The van der Waals surface area contributed by atoms with Crippen LogP contribution >= 0.6 is 27.5 Å². The normalized spacial score (nSPS) is 10.8. The van der Waals surface area contributed by atoms with Crippen molar-refractivity contribution >= 4 is 44.4 Å². The Balaban J connectivity index is 1.34. The average Bonchev–Trinajstić information content (AvgIpc) is 3.03. The Bertz CT molecular complexity index is 861. The molecule has 2 aromatic carbocycles. The van der Waals surface area contributed by atoms with E-state index in [4.69, 9.17) is 20.8 Å². The van der Waals surface area contributed by atoms with Crippen LogP contribution in [-0.4, -0.2) is 19.1 Å². The van der Waals surface area contributed by atoms with Crippen LogP contribution in [0.4, 0.5) is 0 Å². The van der Waals surface area contributed by atoms with Gasteiger partial charge < -0.3 is 14.5 Å². The van der Waals surface area contributed by atoms with E-state index in [0.717, 1.165) is 21.2 Å². The number of hydrogen-bond acceptors (Lipinski definition) is 3. The van der Waals surface area contributed by atoms with Gasteiger partial charge in [0.15, 0.2) is 0 Å². The van der Waals surface area contributed by atoms with E-state index in [1.807, 2.05) is 36.4 Å². The molecule has 136 valence electrons. The van der Waals surface area contributed by atoms with Crippen LogP contribution in [0.1, 0.15) is 18.6 Å². The highest BCUT2D eigenvalue weighted by molar-refractivity contribution is 9.10. The summed E-state index contributed by atoms with van der Waals surface area (Å²) in [5, 5.41) is 4.54. The molecule has 0 spiro atoms. The molecule has 0 bridgehead atoms. The minimum absolute atomic E-state index is 0.00612. The highest BCUT2D eigenvalue weighted by atomic mass is 79.9. The summed E-state index contributed by atoms with van der Waals surface area (Å²) in [6, 6.07) is 15.3. The van der Waals surface area contributed by atoms with Crippen molar-refractivity contribution in [2.75, 3.05) is 13.2 Å². The summed E-state index contributed by atoms with van der Waals surface area (Å²) in [5.41, 5.74) is 0.873. The van der Waals surface area contributed by atoms with Gasteiger partial charge in [-0.15, -0.1) is 0 Å². The number of halogens is 2. The first-order valence-corrected chi connectivity index (χ1v) is 9.61. The van der Waals surface area contributed by atoms with Gasteiger partial charge in [-0.2, -0.15) is 0 Å². The Morgan fingerprint density at radius 3 is 2.85 bits per heavy atom. The molecule has 0 radical (unpaired) electrons. The molecular formula is C20H19BrClNO3. The Morgan fingerprint density at radius 2 is 2.04 bits per heavy atom. The molecule has 0 aliphatic heterocycles. The largest absolute Gasteiger partial charge is 0.492 e. The van der Waals surface area contributed by atoms with Gasteiger partial charge in [0.05, 0.1) is 11.6 Å². The van der Waals surface area contributed by atoms with Crippen molar-refractivity contribution in [1.29, 1.82) is 0 Å². The molecule has 1 amide bonds. The molecule has 0 fully saturated rings. The summed E-state index contributed by atoms with van der Waals surface area (Å²) < 4.78 is 12.2. The van der Waals surface area contributed by atoms with E-state index in [1.165, 1.54) is 0 Å². The molecule has 0 unspecified atom stereocenters. The summed E-state index contributed by atoms with van der Waals surface area (Å²) in [4.78, 5) is 11.9. The number of carbonyl (C=O) groups excluding carboxylic acids is 1. The number of ether oxygens (including phenoxy) is 1. The highest BCUT2D eigenvalue weighted by Gasteiger charge is 2.06. The van der Waals surface area contributed by atoms with Crippen molar-refractivity contribution in [2.45, 2.75) is 19.3 Å². The highest BCUT2D eigenvalue weighted by Crippen LogP contribution is 2.27. The van der Waals surface area contributed by atoms with Gasteiger partial charge in [0.2, 0.25) is 5.91 Å². The third kappa shape index (κ3) is 5.26. The predicted octanol–water partition coefficient (Wildman–Crippen LogP) is 5.37. The molecule has 1 N–H and O–H groups in total. The molecule has 1 heterocycles. The Kier molecular flexibility index (Phi) is 6.58. The van der Waals surface area contributed by atoms with Gasteiger partial charge in [0, 0.05) is 29.2 Å². The maximum Gasteiger partial charge on any atom is 0.220 e. The lowest BCUT2D eigenvalue weighted by Gasteiger charge is -2.08. The molecule has 3 rings (SSSR count). The van der Waals surface area contributed by atoms with Gasteiger partial charge in [0.1, 0.15) is 17.1 Å². The quantitative estimate of drug-likeness (QED) is 0.483. The van der Waals surface area contributed by atoms with E-state index in [2.05, 4.69) is 21.2 Å². The van der Waals surface area contributed by atoms with Crippen LogP contribution in [-0.2, 0) is 11.2 Å². The zero-order valence-corrected chi connectivity index (χ0v) is 16.5. The topological polar surface area (TPSA) is 51.5 Å². The number of rotatable bonds is 8. The number of nitrogens with one attached hydrogen (secondary N) is 1. The minimum atomic E-state index is 0.00612. The summed E-state index contributed by atoms with van der Waals surface area (Å²) >= 11 is 9.43. The van der Waals surface area contributed by atoms with Crippen molar-refractivity contribution in [2.24, 2.45) is 0 Å². The molecule has 0 saturated carbocycles. The zero-order chi connectivity index (χ0) is 18.4. The number of carbonyl (C=O) groups is 1. The van der Waals surface area contributed by atoms with Crippen molar-refractivity contribution in [3.05, 3.63) is 63.8 Å². The fraction of sp³-hybridized carbons (Fsp3) is 0.250. The summed E-state index contributed by atoms with van der Waals surface area (Å²) in [7, 11) is 0. The SMILES string of the molecule is O=C(CCCOc1ccc(Br)cc1Cl)NCCc1cc2ccccc2o1. The van der Waals surface area contributed by atoms with Crippen LogP contribution in [0, 0.1) is 0 Å². The Hall–Kier alpha value is -1.98. The fourth-order valence-corrected chi connectivity index (χ4v) is 3.31. The van der Waals surface area contributed by atoms with Crippen LogP contribution in [0.3, 0.4) is 0 Å². The summed E-state index contributed by atoms with van der Waals surface area (Å²) in [5.74, 6) is 1.51. The van der Waals surface area contributed by atoms with Crippen LogP contribution in [0.25, 0.3) is 11.0 Å². The fourth-order valence-electron chi connectivity index (χ4n) is 2.58. The number of para-hydroxylation sites is 1. The van der Waals surface area contributed by atoms with Gasteiger partial charge in [-0.05, 0) is 36.8 Å². The van der Waals surface area contributed by atoms with Crippen LogP contribution in [0.5, 0.6) is 5.75 Å². The van der Waals surface area contributed by atoms with E-state index in [0.29, 0.717) is 43.2 Å². The first-order valence-electron chi connectivity index (χ1n) is 8.44. The van der Waals surface area contributed by atoms with Crippen LogP contribution in [0.15, 0.2) is 57.4 Å². The van der Waals surface area contributed by atoms with E-state index >= 15 is 0 Å². The monoisotopic (exact) mass is 435 g/mol. The first-order chi connectivity index (χ1) is 12.6. The van der Waals surface area contributed by atoms with E-state index in [9.17, 15) is 4.79 Å². The van der Waals surface area contributed by atoms with E-state index in [-0.39, 0.29) is 5.91 Å². The third-order valence-corrected chi connectivity index (χ3v) is 4.66. The zero-order valence-electron chi connectivity index (χ0n) is 14.1. The molecule has 1 aromatic heterocycles. The third-order valence-electron chi connectivity index (χ3n) is 3.87. The molecule has 3 aromatic rings. The predicted molar refractivity (Wildman–Crippen MR) is 107 cm³/mol. The lowest BCUT2D eigenvalue weighted by atomic mass is 10.2. The number of hydrogen-bond donors (Lipinski definition) is 1. The molecule has 6 heteroatoms. The molecule has 0 aliphatic carbocycles. The summed E-state index contributed by atoms with van der Waals surface area (Å²) in [6.07, 6.45) is 1.71.